The maximum atomic E-state index is 13.0. The lowest BCUT2D eigenvalue weighted by molar-refractivity contribution is 0.102. The molecular formula is C20H16N6O2. The normalized spacial score (nSPS) is 13.4. The number of fused-ring (bicyclic) bond motifs is 1. The van der Waals surface area contributed by atoms with Gasteiger partial charge < -0.3 is 10.1 Å². The van der Waals surface area contributed by atoms with Crippen LogP contribution in [0.4, 0.5) is 5.69 Å². The minimum absolute atomic E-state index is 0.132. The third kappa shape index (κ3) is 3.27. The van der Waals surface area contributed by atoms with Crippen molar-refractivity contribution < 1.29 is 9.53 Å². The van der Waals surface area contributed by atoms with Crippen LogP contribution in [0.2, 0.25) is 0 Å². The molecule has 2 N–H and O–H groups in total. The lowest BCUT2D eigenvalue weighted by Crippen LogP contribution is -2.13. The first-order valence-electron chi connectivity index (χ1n) is 8.99. The Labute approximate surface area is 159 Å². The first kappa shape index (κ1) is 16.4. The Hall–Kier alpha value is -3.81. The number of aromatic nitrogens is 5. The molecule has 28 heavy (non-hydrogen) atoms. The van der Waals surface area contributed by atoms with Gasteiger partial charge in [0.05, 0.1) is 11.1 Å². The topological polar surface area (TPSA) is 106 Å². The predicted octanol–water partition coefficient (Wildman–Crippen LogP) is 3.67. The third-order valence-electron chi connectivity index (χ3n) is 4.62. The van der Waals surface area contributed by atoms with Crippen molar-refractivity contribution in [1.29, 1.82) is 0 Å². The number of anilines is 1. The zero-order chi connectivity index (χ0) is 18.9. The predicted molar refractivity (Wildman–Crippen MR) is 102 cm³/mol. The zero-order valence-corrected chi connectivity index (χ0v) is 14.8. The minimum atomic E-state index is -0.160. The number of carbonyl (C=O) groups excluding carboxylic acids is 1. The van der Waals surface area contributed by atoms with Gasteiger partial charge in [-0.25, -0.2) is 0 Å². The molecule has 0 unspecified atom stereocenters. The first-order valence-corrected chi connectivity index (χ1v) is 8.99. The molecule has 0 aliphatic heterocycles. The molecule has 4 aromatic rings. The second-order valence-electron chi connectivity index (χ2n) is 6.66. The number of hydrogen-bond donors (Lipinski definition) is 2. The number of H-pyrrole nitrogens is 1. The lowest BCUT2D eigenvalue weighted by atomic mass is 10.1. The van der Waals surface area contributed by atoms with Gasteiger partial charge >= 0.3 is 6.01 Å². The van der Waals surface area contributed by atoms with Gasteiger partial charge in [-0.05, 0) is 54.5 Å². The van der Waals surface area contributed by atoms with E-state index in [1.165, 1.54) is 0 Å². The number of ether oxygens (including phenoxy) is 1. The van der Waals surface area contributed by atoms with Crippen LogP contribution in [0.5, 0.6) is 11.8 Å². The standard InChI is InChI=1S/C20H16N6O2/c27-19(21-13-7-9-14(10-8-13)28-20-23-25-26-24-20)16-11-18(12-5-6-12)22-17-4-2-1-3-15(16)17/h1-4,7-12H,5-6H2,(H,21,27)(H,23,24,25,26). The Bertz CT molecular complexity index is 1140. The van der Waals surface area contributed by atoms with Crippen LogP contribution in [0.3, 0.4) is 0 Å². The molecule has 5 rings (SSSR count). The number of amides is 1. The van der Waals surface area contributed by atoms with Crippen LogP contribution in [0, 0.1) is 0 Å². The molecule has 8 nitrogen and oxygen atoms in total. The number of hydrogen-bond acceptors (Lipinski definition) is 6. The Balaban J connectivity index is 1.39. The molecular weight excluding hydrogens is 356 g/mol. The summed E-state index contributed by atoms with van der Waals surface area (Å²) in [6, 6.07) is 16.8. The summed E-state index contributed by atoms with van der Waals surface area (Å²) in [4.78, 5) is 17.7. The summed E-state index contributed by atoms with van der Waals surface area (Å²) in [6.07, 6.45) is 2.27. The van der Waals surface area contributed by atoms with Crippen LogP contribution in [-0.2, 0) is 0 Å². The van der Waals surface area contributed by atoms with E-state index >= 15 is 0 Å². The van der Waals surface area contributed by atoms with Gasteiger partial charge in [-0.15, -0.1) is 0 Å². The summed E-state index contributed by atoms with van der Waals surface area (Å²) in [5.41, 5.74) is 3.15. The summed E-state index contributed by atoms with van der Waals surface area (Å²) < 4.78 is 5.43. The van der Waals surface area contributed by atoms with Gasteiger partial charge in [0.1, 0.15) is 5.75 Å². The van der Waals surface area contributed by atoms with Gasteiger partial charge in [-0.2, -0.15) is 5.21 Å². The van der Waals surface area contributed by atoms with E-state index in [2.05, 4.69) is 25.9 Å². The van der Waals surface area contributed by atoms with E-state index in [-0.39, 0.29) is 11.9 Å². The Morgan fingerprint density at radius 1 is 1.11 bits per heavy atom. The Kier molecular flexibility index (Phi) is 3.93. The molecule has 0 saturated heterocycles. The molecule has 2 aromatic carbocycles. The molecule has 1 fully saturated rings. The van der Waals surface area contributed by atoms with Gasteiger partial charge in [0.2, 0.25) is 0 Å². The van der Waals surface area contributed by atoms with Crippen molar-refractivity contribution in [2.45, 2.75) is 18.8 Å². The summed E-state index contributed by atoms with van der Waals surface area (Å²) in [5, 5.41) is 17.0. The number of pyridine rings is 1. The van der Waals surface area contributed by atoms with Crippen LogP contribution >= 0.6 is 0 Å². The van der Waals surface area contributed by atoms with E-state index in [4.69, 9.17) is 9.72 Å². The molecule has 138 valence electrons. The SMILES string of the molecule is O=C(Nc1ccc(Oc2nn[nH]n2)cc1)c1cc(C2CC2)nc2ccccc12. The number of benzene rings is 2. The molecule has 1 saturated carbocycles. The maximum Gasteiger partial charge on any atom is 0.361 e. The van der Waals surface area contributed by atoms with Crippen LogP contribution in [0.25, 0.3) is 10.9 Å². The third-order valence-corrected chi connectivity index (χ3v) is 4.62. The minimum Gasteiger partial charge on any atom is -0.422 e. The monoisotopic (exact) mass is 372 g/mol. The highest BCUT2D eigenvalue weighted by atomic mass is 16.5. The largest absolute Gasteiger partial charge is 0.422 e. The Morgan fingerprint density at radius 3 is 2.68 bits per heavy atom. The highest BCUT2D eigenvalue weighted by Gasteiger charge is 2.27. The fourth-order valence-corrected chi connectivity index (χ4v) is 3.08. The number of tetrazole rings is 1. The second kappa shape index (κ2) is 6.73. The van der Waals surface area contributed by atoms with Crippen molar-refractivity contribution in [2.75, 3.05) is 5.32 Å². The molecule has 0 atom stereocenters. The smallest absolute Gasteiger partial charge is 0.361 e. The van der Waals surface area contributed by atoms with Crippen LogP contribution in [0.15, 0.2) is 54.6 Å². The molecule has 2 heterocycles. The van der Waals surface area contributed by atoms with Crippen molar-refractivity contribution in [3.63, 3.8) is 0 Å². The molecule has 8 heteroatoms. The van der Waals surface area contributed by atoms with Gasteiger partial charge in [0, 0.05) is 22.7 Å². The molecule has 1 aliphatic carbocycles. The van der Waals surface area contributed by atoms with Crippen LogP contribution < -0.4 is 10.1 Å². The van der Waals surface area contributed by atoms with E-state index in [9.17, 15) is 4.79 Å². The highest BCUT2D eigenvalue weighted by molar-refractivity contribution is 6.12. The summed E-state index contributed by atoms with van der Waals surface area (Å²) in [7, 11) is 0. The number of nitrogens with zero attached hydrogens (tertiary/aromatic N) is 4. The van der Waals surface area contributed by atoms with E-state index in [0.717, 1.165) is 29.4 Å². The van der Waals surface area contributed by atoms with E-state index in [0.29, 0.717) is 22.9 Å². The number of aromatic amines is 1. The fraction of sp³-hybridized carbons (Fsp3) is 0.150. The zero-order valence-electron chi connectivity index (χ0n) is 14.8. The second-order valence-corrected chi connectivity index (χ2v) is 6.66. The lowest BCUT2D eigenvalue weighted by Gasteiger charge is -2.10. The number of rotatable bonds is 5. The average molecular weight is 372 g/mol. The number of carbonyl (C=O) groups is 1. The summed E-state index contributed by atoms with van der Waals surface area (Å²) in [5.74, 6) is 0.856. The van der Waals surface area contributed by atoms with Gasteiger partial charge in [-0.3, -0.25) is 9.78 Å². The van der Waals surface area contributed by atoms with Crippen LogP contribution in [-0.4, -0.2) is 31.5 Å². The first-order chi connectivity index (χ1) is 13.8. The molecule has 0 spiro atoms. The molecule has 1 aliphatic rings. The van der Waals surface area contributed by atoms with E-state index in [1.807, 2.05) is 30.3 Å². The van der Waals surface area contributed by atoms with Gasteiger partial charge in [-0.1, -0.05) is 28.4 Å². The van der Waals surface area contributed by atoms with Crippen molar-refractivity contribution in [3.05, 3.63) is 65.9 Å². The Morgan fingerprint density at radius 2 is 1.93 bits per heavy atom. The number of para-hydroxylation sites is 1. The summed E-state index contributed by atoms with van der Waals surface area (Å²) in [6.45, 7) is 0. The average Bonchev–Trinajstić information content (AvgIpc) is 3.46. The van der Waals surface area contributed by atoms with Crippen molar-refractivity contribution in [2.24, 2.45) is 0 Å². The molecule has 1 amide bonds. The van der Waals surface area contributed by atoms with Gasteiger partial charge in [0.15, 0.2) is 0 Å². The molecule has 0 bridgehead atoms. The molecule has 2 aromatic heterocycles. The van der Waals surface area contributed by atoms with Crippen molar-refractivity contribution in [1.82, 2.24) is 25.6 Å². The number of nitrogens with one attached hydrogen (secondary N) is 2. The van der Waals surface area contributed by atoms with Crippen molar-refractivity contribution >= 4 is 22.5 Å². The van der Waals surface area contributed by atoms with Crippen LogP contribution in [0.1, 0.15) is 34.8 Å². The van der Waals surface area contributed by atoms with E-state index in [1.54, 1.807) is 24.3 Å². The maximum absolute atomic E-state index is 13.0. The quantitative estimate of drug-likeness (QED) is 0.554. The fourth-order valence-electron chi connectivity index (χ4n) is 3.08. The summed E-state index contributed by atoms with van der Waals surface area (Å²) >= 11 is 0. The van der Waals surface area contributed by atoms with E-state index < -0.39 is 0 Å². The molecule has 0 radical (unpaired) electrons. The van der Waals surface area contributed by atoms with Gasteiger partial charge in [0.25, 0.3) is 5.91 Å². The highest BCUT2D eigenvalue weighted by Crippen LogP contribution is 2.40. The van der Waals surface area contributed by atoms with Crippen molar-refractivity contribution in [3.8, 4) is 11.8 Å².